The van der Waals surface area contributed by atoms with E-state index in [1.165, 1.54) is 11.6 Å². The van der Waals surface area contributed by atoms with Crippen LogP contribution in [-0.4, -0.2) is 15.9 Å². The maximum absolute atomic E-state index is 12.1. The van der Waals surface area contributed by atoms with E-state index in [1.54, 1.807) is 24.7 Å². The number of hydrogen-bond donors (Lipinski definition) is 1. The van der Waals surface area contributed by atoms with Crippen LogP contribution in [0.1, 0.15) is 22.4 Å². The molecule has 136 valence electrons. The minimum absolute atomic E-state index is 0.225. The molecule has 0 atom stereocenters. The summed E-state index contributed by atoms with van der Waals surface area (Å²) in [5.41, 5.74) is 4.63. The van der Waals surface area contributed by atoms with Gasteiger partial charge in [0.15, 0.2) is 0 Å². The van der Waals surface area contributed by atoms with E-state index in [0.29, 0.717) is 12.3 Å². The van der Waals surface area contributed by atoms with Gasteiger partial charge < -0.3 is 10.1 Å². The fourth-order valence-corrected chi connectivity index (χ4v) is 2.57. The number of hydrogen-bond acceptors (Lipinski definition) is 4. The third-order valence-electron chi connectivity index (χ3n) is 3.93. The Morgan fingerprint density at radius 3 is 2.78 bits per heavy atom. The highest BCUT2D eigenvalue weighted by molar-refractivity contribution is 6.02. The summed E-state index contributed by atoms with van der Waals surface area (Å²) in [7, 11) is 0. The summed E-state index contributed by atoms with van der Waals surface area (Å²) < 4.78 is 5.85. The van der Waals surface area contributed by atoms with Gasteiger partial charge in [-0.25, -0.2) is 0 Å². The summed E-state index contributed by atoms with van der Waals surface area (Å²) in [4.78, 5) is 20.1. The second kappa shape index (κ2) is 8.76. The van der Waals surface area contributed by atoms with E-state index in [9.17, 15) is 4.79 Å². The van der Waals surface area contributed by atoms with Crippen molar-refractivity contribution in [2.75, 3.05) is 5.32 Å². The third-order valence-corrected chi connectivity index (χ3v) is 3.93. The van der Waals surface area contributed by atoms with Gasteiger partial charge in [-0.3, -0.25) is 14.8 Å². The highest BCUT2D eigenvalue weighted by Gasteiger charge is 2.04. The van der Waals surface area contributed by atoms with Crippen LogP contribution in [0.5, 0.6) is 5.75 Å². The van der Waals surface area contributed by atoms with Gasteiger partial charge in [0, 0.05) is 24.2 Å². The smallest absolute Gasteiger partial charge is 0.248 e. The van der Waals surface area contributed by atoms with Crippen LogP contribution in [0.2, 0.25) is 0 Å². The van der Waals surface area contributed by atoms with E-state index in [4.69, 9.17) is 4.74 Å². The number of ether oxygens (including phenoxy) is 1. The first-order valence-electron chi connectivity index (χ1n) is 8.64. The van der Waals surface area contributed by atoms with E-state index in [1.807, 2.05) is 37.3 Å². The van der Waals surface area contributed by atoms with Crippen LogP contribution in [0, 0.1) is 13.8 Å². The van der Waals surface area contributed by atoms with E-state index >= 15 is 0 Å². The third kappa shape index (κ3) is 5.51. The summed E-state index contributed by atoms with van der Waals surface area (Å²) in [6, 6.07) is 13.8. The number of amides is 1. The van der Waals surface area contributed by atoms with Crippen molar-refractivity contribution < 1.29 is 9.53 Å². The molecule has 3 rings (SSSR count). The van der Waals surface area contributed by atoms with Crippen LogP contribution < -0.4 is 10.1 Å². The van der Waals surface area contributed by atoms with Crippen LogP contribution in [0.25, 0.3) is 6.08 Å². The molecule has 5 nitrogen and oxygen atoms in total. The molecule has 0 aliphatic rings. The molecule has 1 heterocycles. The van der Waals surface area contributed by atoms with Gasteiger partial charge in [-0.05, 0) is 49.2 Å². The monoisotopic (exact) mass is 359 g/mol. The number of carbonyl (C=O) groups is 1. The Morgan fingerprint density at radius 2 is 2.04 bits per heavy atom. The lowest BCUT2D eigenvalue weighted by atomic mass is 10.1. The van der Waals surface area contributed by atoms with Crippen LogP contribution in [0.15, 0.2) is 67.1 Å². The van der Waals surface area contributed by atoms with Gasteiger partial charge in [0.1, 0.15) is 12.4 Å². The van der Waals surface area contributed by atoms with Crippen LogP contribution in [0.3, 0.4) is 0 Å². The number of benzene rings is 2. The van der Waals surface area contributed by atoms with Gasteiger partial charge in [-0.1, -0.05) is 29.8 Å². The zero-order valence-electron chi connectivity index (χ0n) is 15.3. The average Bonchev–Trinajstić information content (AvgIpc) is 2.67. The highest BCUT2D eigenvalue weighted by Crippen LogP contribution is 2.22. The average molecular weight is 359 g/mol. The van der Waals surface area contributed by atoms with E-state index in [-0.39, 0.29) is 5.91 Å². The molecule has 0 saturated carbocycles. The Labute approximate surface area is 158 Å². The number of nitrogens with one attached hydrogen (secondary N) is 1. The number of aryl methyl sites for hydroxylation is 2. The predicted octanol–water partition coefficient (Wildman–Crippen LogP) is 4.32. The first kappa shape index (κ1) is 18.3. The molecular weight excluding hydrogens is 338 g/mol. The number of nitrogens with zero attached hydrogens (tertiary/aromatic N) is 2. The Hall–Kier alpha value is -3.47. The van der Waals surface area contributed by atoms with Gasteiger partial charge in [-0.15, -0.1) is 0 Å². The van der Waals surface area contributed by atoms with Crippen LogP contribution in [0.4, 0.5) is 5.69 Å². The molecule has 0 spiro atoms. The van der Waals surface area contributed by atoms with Crippen LogP contribution >= 0.6 is 0 Å². The molecule has 27 heavy (non-hydrogen) atoms. The molecule has 0 radical (unpaired) electrons. The Bertz CT molecular complexity index is 953. The number of rotatable bonds is 6. The molecule has 0 saturated heterocycles. The molecule has 0 bridgehead atoms. The van der Waals surface area contributed by atoms with Gasteiger partial charge in [0.05, 0.1) is 11.9 Å². The zero-order valence-corrected chi connectivity index (χ0v) is 15.3. The second-order valence-electron chi connectivity index (χ2n) is 6.21. The fourth-order valence-electron chi connectivity index (χ4n) is 2.57. The quantitative estimate of drug-likeness (QED) is 0.666. The summed E-state index contributed by atoms with van der Waals surface area (Å²) in [6.07, 6.45) is 7.82. The number of carbonyl (C=O) groups excluding carboxylic acids is 1. The molecule has 0 aliphatic heterocycles. The maximum Gasteiger partial charge on any atom is 0.248 e. The van der Waals surface area contributed by atoms with Crippen molar-refractivity contribution >= 4 is 17.7 Å². The number of anilines is 1. The Morgan fingerprint density at radius 1 is 1.15 bits per heavy atom. The fraction of sp³-hybridized carbons (Fsp3) is 0.136. The summed E-state index contributed by atoms with van der Waals surface area (Å²) in [5.74, 6) is 0.541. The van der Waals surface area contributed by atoms with Crippen molar-refractivity contribution in [2.45, 2.75) is 20.5 Å². The molecule has 0 fully saturated rings. The van der Waals surface area contributed by atoms with Crippen molar-refractivity contribution in [1.29, 1.82) is 0 Å². The normalized spacial score (nSPS) is 10.7. The van der Waals surface area contributed by atoms with E-state index in [2.05, 4.69) is 34.3 Å². The zero-order chi connectivity index (χ0) is 19.1. The molecule has 0 unspecified atom stereocenters. The maximum atomic E-state index is 12.1. The lowest BCUT2D eigenvalue weighted by molar-refractivity contribution is -0.111. The lowest BCUT2D eigenvalue weighted by Gasteiger charge is -2.11. The molecule has 0 aliphatic carbocycles. The highest BCUT2D eigenvalue weighted by atomic mass is 16.5. The van der Waals surface area contributed by atoms with Crippen molar-refractivity contribution in [1.82, 2.24) is 9.97 Å². The minimum atomic E-state index is -0.225. The molecule has 1 amide bonds. The first-order valence-corrected chi connectivity index (χ1v) is 8.64. The molecule has 3 aromatic rings. The van der Waals surface area contributed by atoms with Gasteiger partial charge in [0.2, 0.25) is 5.91 Å². The molecule has 2 aromatic carbocycles. The van der Waals surface area contributed by atoms with Crippen molar-refractivity contribution in [2.24, 2.45) is 0 Å². The van der Waals surface area contributed by atoms with E-state index in [0.717, 1.165) is 22.6 Å². The van der Waals surface area contributed by atoms with Gasteiger partial charge >= 0.3 is 0 Å². The molecule has 5 heteroatoms. The summed E-state index contributed by atoms with van der Waals surface area (Å²) in [5, 5.41) is 2.86. The Kier molecular flexibility index (Phi) is 5.94. The molecular formula is C22H21N3O2. The van der Waals surface area contributed by atoms with Crippen LogP contribution in [-0.2, 0) is 11.4 Å². The standard InChI is InChI=1S/C22H21N3O2/c1-16-4-3-5-18(12-16)15-27-20-7-8-21(17(2)13-20)25-22(26)9-6-19-14-23-10-11-24-19/h3-14H,15H2,1-2H3,(H,25,26)/b9-6+. The minimum Gasteiger partial charge on any atom is -0.489 e. The van der Waals surface area contributed by atoms with Gasteiger partial charge in [0.25, 0.3) is 0 Å². The topological polar surface area (TPSA) is 64.1 Å². The van der Waals surface area contributed by atoms with Crippen molar-refractivity contribution in [3.63, 3.8) is 0 Å². The molecule has 1 aromatic heterocycles. The lowest BCUT2D eigenvalue weighted by Crippen LogP contribution is -2.09. The van der Waals surface area contributed by atoms with E-state index < -0.39 is 0 Å². The predicted molar refractivity (Wildman–Crippen MR) is 106 cm³/mol. The number of aromatic nitrogens is 2. The second-order valence-corrected chi connectivity index (χ2v) is 6.21. The Balaban J connectivity index is 1.59. The largest absolute Gasteiger partial charge is 0.489 e. The van der Waals surface area contributed by atoms with Gasteiger partial charge in [-0.2, -0.15) is 0 Å². The SMILES string of the molecule is Cc1cccc(COc2ccc(NC(=O)/C=C/c3cnccn3)c(C)c2)c1. The summed E-state index contributed by atoms with van der Waals surface area (Å²) >= 11 is 0. The first-order chi connectivity index (χ1) is 13.1. The van der Waals surface area contributed by atoms with Crippen molar-refractivity contribution in [3.05, 3.63) is 89.5 Å². The summed E-state index contributed by atoms with van der Waals surface area (Å²) in [6.45, 7) is 4.50. The van der Waals surface area contributed by atoms with Crippen molar-refractivity contribution in [3.8, 4) is 5.75 Å². The molecule has 1 N–H and O–H groups in total.